The Balaban J connectivity index is 1.94. The molecule has 0 amide bonds. The van der Waals surface area contributed by atoms with Crippen molar-refractivity contribution < 1.29 is 17.9 Å². The van der Waals surface area contributed by atoms with Crippen molar-refractivity contribution >= 4 is 27.3 Å². The molecular formula is C13H14N2O4S2. The summed E-state index contributed by atoms with van der Waals surface area (Å²) >= 11 is 1.30. The second kappa shape index (κ2) is 6.79. The number of benzene rings is 1. The molecule has 1 aromatic carbocycles. The number of esters is 1. The Bertz CT molecular complexity index is 694. The minimum absolute atomic E-state index is 0.134. The lowest BCUT2D eigenvalue weighted by Crippen LogP contribution is -2.24. The first-order chi connectivity index (χ1) is 10.00. The summed E-state index contributed by atoms with van der Waals surface area (Å²) in [4.78, 5) is 15.2. The number of ether oxygens (including phenoxy) is 1. The van der Waals surface area contributed by atoms with Crippen LogP contribution >= 0.6 is 11.3 Å². The van der Waals surface area contributed by atoms with Gasteiger partial charge in [0.2, 0.25) is 10.0 Å². The first-order valence-corrected chi connectivity index (χ1v) is 8.56. The molecule has 0 aliphatic heterocycles. The Kier molecular flexibility index (Phi) is 5.05. The van der Waals surface area contributed by atoms with E-state index in [1.54, 1.807) is 35.8 Å². The molecule has 0 spiro atoms. The molecule has 0 aliphatic carbocycles. The number of hydrogen-bond donors (Lipinski definition) is 1. The molecular weight excluding hydrogens is 312 g/mol. The zero-order valence-electron chi connectivity index (χ0n) is 11.3. The number of nitrogens with zero attached hydrogens (tertiary/aromatic N) is 1. The van der Waals surface area contributed by atoms with Gasteiger partial charge in [0.05, 0.1) is 12.7 Å². The van der Waals surface area contributed by atoms with Crippen molar-refractivity contribution in [3.05, 3.63) is 52.0 Å². The van der Waals surface area contributed by atoms with Crippen LogP contribution in [0.25, 0.3) is 0 Å². The van der Waals surface area contributed by atoms with E-state index < -0.39 is 16.0 Å². The molecule has 1 N–H and O–H groups in total. The summed E-state index contributed by atoms with van der Waals surface area (Å²) in [5.41, 5.74) is 1.18. The third kappa shape index (κ3) is 4.62. The van der Waals surface area contributed by atoms with Crippen LogP contribution in [0, 0.1) is 0 Å². The summed E-state index contributed by atoms with van der Waals surface area (Å²) in [7, 11) is -2.12. The summed E-state index contributed by atoms with van der Waals surface area (Å²) in [6.45, 7) is 0.162. The maximum absolute atomic E-state index is 11.9. The van der Waals surface area contributed by atoms with Crippen LogP contribution in [0.4, 0.5) is 0 Å². The number of thiazole rings is 1. The van der Waals surface area contributed by atoms with Crippen LogP contribution in [0.2, 0.25) is 0 Å². The predicted molar refractivity (Wildman–Crippen MR) is 79.4 cm³/mol. The van der Waals surface area contributed by atoms with Crippen LogP contribution in [-0.2, 0) is 27.1 Å². The van der Waals surface area contributed by atoms with Crippen molar-refractivity contribution in [3.63, 3.8) is 0 Å². The Hall–Kier alpha value is -1.77. The second-order valence-electron chi connectivity index (χ2n) is 4.19. The van der Waals surface area contributed by atoms with Gasteiger partial charge in [0.15, 0.2) is 0 Å². The first-order valence-electron chi connectivity index (χ1n) is 6.03. The fourth-order valence-electron chi connectivity index (χ4n) is 1.61. The van der Waals surface area contributed by atoms with Gasteiger partial charge in [-0.2, -0.15) is 0 Å². The molecule has 1 aromatic heterocycles. The summed E-state index contributed by atoms with van der Waals surface area (Å²) in [5.74, 6) is -0.559. The van der Waals surface area contributed by atoms with Gasteiger partial charge in [0.1, 0.15) is 10.8 Å². The van der Waals surface area contributed by atoms with E-state index in [2.05, 4.69) is 14.4 Å². The molecule has 0 saturated heterocycles. The molecule has 0 aliphatic rings. The van der Waals surface area contributed by atoms with Gasteiger partial charge in [-0.1, -0.05) is 12.1 Å². The lowest BCUT2D eigenvalue weighted by atomic mass is 10.1. The van der Waals surface area contributed by atoms with Gasteiger partial charge < -0.3 is 4.74 Å². The molecule has 0 atom stereocenters. The minimum Gasteiger partial charge on any atom is -0.465 e. The number of hydrogen-bond acceptors (Lipinski definition) is 6. The van der Waals surface area contributed by atoms with Gasteiger partial charge in [-0.25, -0.2) is 22.9 Å². The quantitative estimate of drug-likeness (QED) is 0.814. The van der Waals surface area contributed by atoms with Crippen molar-refractivity contribution in [1.82, 2.24) is 9.71 Å². The summed E-state index contributed by atoms with van der Waals surface area (Å²) < 4.78 is 30.8. The standard InChI is InChI=1S/C13H14N2O4S2/c1-19-13(16)11-4-2-10(3-5-11)8-15-21(17,18)9-12-14-6-7-20-12/h2-7,15H,8-9H2,1H3. The highest BCUT2D eigenvalue weighted by atomic mass is 32.2. The zero-order chi connectivity index (χ0) is 15.3. The predicted octanol–water partition coefficient (Wildman–Crippen LogP) is 1.55. The van der Waals surface area contributed by atoms with Crippen LogP contribution in [0.5, 0.6) is 0 Å². The van der Waals surface area contributed by atoms with Crippen molar-refractivity contribution in [2.75, 3.05) is 7.11 Å². The first kappa shape index (κ1) is 15.6. The van der Waals surface area contributed by atoms with Gasteiger partial charge in [-0.15, -0.1) is 11.3 Å². The highest BCUT2D eigenvalue weighted by molar-refractivity contribution is 7.88. The van der Waals surface area contributed by atoms with Crippen molar-refractivity contribution in [2.24, 2.45) is 0 Å². The largest absolute Gasteiger partial charge is 0.465 e. The van der Waals surface area contributed by atoms with Crippen LogP contribution in [-0.4, -0.2) is 26.5 Å². The van der Waals surface area contributed by atoms with E-state index in [4.69, 9.17) is 0 Å². The van der Waals surface area contributed by atoms with Gasteiger partial charge in [0, 0.05) is 18.1 Å². The number of sulfonamides is 1. The smallest absolute Gasteiger partial charge is 0.337 e. The number of aromatic nitrogens is 1. The Labute approximate surface area is 126 Å². The van der Waals surface area contributed by atoms with Gasteiger partial charge in [-0.3, -0.25) is 0 Å². The molecule has 0 fully saturated rings. The summed E-state index contributed by atoms with van der Waals surface area (Å²) in [5, 5.41) is 2.28. The molecule has 0 saturated carbocycles. The van der Waals surface area contributed by atoms with Gasteiger partial charge in [0.25, 0.3) is 0 Å². The Morgan fingerprint density at radius 2 is 2.05 bits per heavy atom. The Morgan fingerprint density at radius 1 is 1.33 bits per heavy atom. The Morgan fingerprint density at radius 3 is 2.62 bits per heavy atom. The third-order valence-corrected chi connectivity index (χ3v) is 4.87. The molecule has 0 unspecified atom stereocenters. The molecule has 2 rings (SSSR count). The van der Waals surface area contributed by atoms with Crippen LogP contribution in [0.1, 0.15) is 20.9 Å². The highest BCUT2D eigenvalue weighted by Gasteiger charge is 2.13. The monoisotopic (exact) mass is 326 g/mol. The molecule has 8 heteroatoms. The number of rotatable bonds is 6. The zero-order valence-corrected chi connectivity index (χ0v) is 12.9. The molecule has 1 heterocycles. The fourth-order valence-corrected chi connectivity index (χ4v) is 3.63. The molecule has 112 valence electrons. The van der Waals surface area contributed by atoms with Crippen LogP contribution in [0.15, 0.2) is 35.8 Å². The molecule has 0 radical (unpaired) electrons. The van der Waals surface area contributed by atoms with E-state index in [-0.39, 0.29) is 12.3 Å². The van der Waals surface area contributed by atoms with Gasteiger partial charge in [-0.05, 0) is 17.7 Å². The number of carbonyl (C=O) groups excluding carboxylic acids is 1. The fraction of sp³-hybridized carbons (Fsp3) is 0.231. The third-order valence-electron chi connectivity index (χ3n) is 2.67. The normalized spacial score (nSPS) is 11.3. The molecule has 0 bridgehead atoms. The van der Waals surface area contributed by atoms with Crippen LogP contribution in [0.3, 0.4) is 0 Å². The van der Waals surface area contributed by atoms with Gasteiger partial charge >= 0.3 is 5.97 Å². The van der Waals surface area contributed by atoms with E-state index in [0.717, 1.165) is 5.56 Å². The van der Waals surface area contributed by atoms with Crippen molar-refractivity contribution in [2.45, 2.75) is 12.3 Å². The molecule has 21 heavy (non-hydrogen) atoms. The highest BCUT2D eigenvalue weighted by Crippen LogP contribution is 2.10. The van der Waals surface area contributed by atoms with E-state index in [1.165, 1.54) is 18.4 Å². The minimum atomic E-state index is -3.43. The number of methoxy groups -OCH3 is 1. The summed E-state index contributed by atoms with van der Waals surface area (Å²) in [6, 6.07) is 6.54. The summed E-state index contributed by atoms with van der Waals surface area (Å²) in [6.07, 6.45) is 1.57. The van der Waals surface area contributed by atoms with E-state index >= 15 is 0 Å². The van der Waals surface area contributed by atoms with Crippen molar-refractivity contribution in [1.29, 1.82) is 0 Å². The van der Waals surface area contributed by atoms with E-state index in [0.29, 0.717) is 10.6 Å². The number of carbonyl (C=O) groups is 1. The van der Waals surface area contributed by atoms with Crippen molar-refractivity contribution in [3.8, 4) is 0 Å². The lowest BCUT2D eigenvalue weighted by Gasteiger charge is -2.06. The molecule has 6 nitrogen and oxygen atoms in total. The lowest BCUT2D eigenvalue weighted by molar-refractivity contribution is 0.0600. The van der Waals surface area contributed by atoms with Crippen LogP contribution < -0.4 is 4.72 Å². The van der Waals surface area contributed by atoms with E-state index in [1.807, 2.05) is 0 Å². The maximum atomic E-state index is 11.9. The topological polar surface area (TPSA) is 85.4 Å². The maximum Gasteiger partial charge on any atom is 0.337 e. The second-order valence-corrected chi connectivity index (χ2v) is 6.98. The van der Waals surface area contributed by atoms with E-state index in [9.17, 15) is 13.2 Å². The SMILES string of the molecule is COC(=O)c1ccc(CNS(=O)(=O)Cc2nccs2)cc1. The molecule has 2 aromatic rings. The number of nitrogens with one attached hydrogen (secondary N) is 1. The average Bonchev–Trinajstić information content (AvgIpc) is 2.97. The average molecular weight is 326 g/mol.